The van der Waals surface area contributed by atoms with Crippen LogP contribution < -0.4 is 5.73 Å². The largest absolute Gasteiger partial charge is 0.382 e. The summed E-state index contributed by atoms with van der Waals surface area (Å²) in [5, 5.41) is 1.37. The van der Waals surface area contributed by atoms with Crippen LogP contribution in [0.5, 0.6) is 0 Å². The maximum atomic E-state index is 6.27. The second-order valence-corrected chi connectivity index (χ2v) is 4.23. The van der Waals surface area contributed by atoms with Gasteiger partial charge in [0, 0.05) is 5.39 Å². The van der Waals surface area contributed by atoms with E-state index in [-0.39, 0.29) is 11.1 Å². The van der Waals surface area contributed by atoms with Crippen molar-refractivity contribution in [1.82, 2.24) is 15.0 Å². The summed E-state index contributed by atoms with van der Waals surface area (Å²) in [6.07, 6.45) is 0. The summed E-state index contributed by atoms with van der Waals surface area (Å²) in [5.74, 6) is 0.229. The molecule has 0 atom stereocenters. The number of rotatable bonds is 0. The Balaban J connectivity index is 2.59. The molecule has 2 aromatic heterocycles. The molecule has 84 valence electrons. The predicted molar refractivity (Wildman–Crippen MR) is 69.3 cm³/mol. The molecule has 2 heterocycles. The van der Waals surface area contributed by atoms with Gasteiger partial charge in [0.1, 0.15) is 11.0 Å². The zero-order chi connectivity index (χ0) is 12.0. The molecule has 6 heteroatoms. The highest BCUT2D eigenvalue weighted by atomic mass is 35.5. The molecular formula is C11H6Cl2N4. The van der Waals surface area contributed by atoms with Gasteiger partial charge in [-0.3, -0.25) is 0 Å². The third kappa shape index (κ3) is 1.57. The number of benzene rings is 1. The number of nitrogen functional groups attached to an aromatic ring is 1. The maximum Gasteiger partial charge on any atom is 0.225 e. The lowest BCUT2D eigenvalue weighted by Crippen LogP contribution is -1.98. The molecule has 4 nitrogen and oxygen atoms in total. The van der Waals surface area contributed by atoms with Gasteiger partial charge in [0.2, 0.25) is 5.28 Å². The van der Waals surface area contributed by atoms with E-state index in [1.165, 1.54) is 0 Å². The second-order valence-electron chi connectivity index (χ2n) is 3.52. The van der Waals surface area contributed by atoms with Crippen molar-refractivity contribution in [2.24, 2.45) is 0 Å². The van der Waals surface area contributed by atoms with Crippen LogP contribution in [0.25, 0.3) is 21.9 Å². The first-order valence-corrected chi connectivity index (χ1v) is 5.59. The first-order chi connectivity index (χ1) is 8.16. The molecule has 0 spiro atoms. The van der Waals surface area contributed by atoms with Gasteiger partial charge in [0.05, 0.1) is 10.5 Å². The predicted octanol–water partition coefficient (Wildman–Crippen LogP) is 3.07. The average molecular weight is 265 g/mol. The van der Waals surface area contributed by atoms with Crippen LogP contribution in [0, 0.1) is 0 Å². The molecule has 3 aromatic rings. The van der Waals surface area contributed by atoms with Gasteiger partial charge in [-0.05, 0) is 17.7 Å². The summed E-state index contributed by atoms with van der Waals surface area (Å²) in [4.78, 5) is 12.3. The number of nitrogens with two attached hydrogens (primary N) is 1. The van der Waals surface area contributed by atoms with Crippen molar-refractivity contribution in [3.63, 3.8) is 0 Å². The SMILES string of the molecule is Nc1nc(Cl)nc2c(Cl)c3ccccc3nc12. The van der Waals surface area contributed by atoms with Crippen LogP contribution in [0.2, 0.25) is 10.3 Å². The molecule has 0 aliphatic carbocycles. The molecule has 0 radical (unpaired) electrons. The maximum absolute atomic E-state index is 6.27. The van der Waals surface area contributed by atoms with Gasteiger partial charge in [-0.25, -0.2) is 9.97 Å². The number of aromatic nitrogens is 3. The lowest BCUT2D eigenvalue weighted by atomic mass is 10.2. The summed E-state index contributed by atoms with van der Waals surface area (Å²) in [5.41, 5.74) is 7.46. The lowest BCUT2D eigenvalue weighted by molar-refractivity contribution is 1.21. The monoisotopic (exact) mass is 264 g/mol. The molecule has 0 bridgehead atoms. The molecule has 0 unspecified atom stereocenters. The second kappa shape index (κ2) is 3.68. The molecule has 0 aliphatic heterocycles. The van der Waals surface area contributed by atoms with Crippen molar-refractivity contribution in [2.45, 2.75) is 0 Å². The van der Waals surface area contributed by atoms with Crippen LogP contribution in [-0.2, 0) is 0 Å². The summed E-state index contributed by atoms with van der Waals surface area (Å²) < 4.78 is 0. The minimum absolute atomic E-state index is 0.0639. The van der Waals surface area contributed by atoms with E-state index < -0.39 is 0 Å². The fourth-order valence-corrected chi connectivity index (χ4v) is 2.18. The quantitative estimate of drug-likeness (QED) is 0.501. The Morgan fingerprint density at radius 2 is 1.71 bits per heavy atom. The highest BCUT2D eigenvalue weighted by Crippen LogP contribution is 2.31. The van der Waals surface area contributed by atoms with Gasteiger partial charge in [0.15, 0.2) is 5.82 Å². The zero-order valence-corrected chi connectivity index (χ0v) is 10.00. The van der Waals surface area contributed by atoms with Crippen LogP contribution in [0.3, 0.4) is 0 Å². The normalized spacial score (nSPS) is 11.2. The fourth-order valence-electron chi connectivity index (χ4n) is 1.71. The third-order valence-electron chi connectivity index (χ3n) is 2.46. The van der Waals surface area contributed by atoms with Crippen LogP contribution >= 0.6 is 23.2 Å². The van der Waals surface area contributed by atoms with Crippen molar-refractivity contribution in [3.8, 4) is 0 Å². The summed E-state index contributed by atoms with van der Waals surface area (Å²) >= 11 is 12.0. The van der Waals surface area contributed by atoms with E-state index in [1.807, 2.05) is 24.3 Å². The Morgan fingerprint density at radius 1 is 0.941 bits per heavy atom. The van der Waals surface area contributed by atoms with Gasteiger partial charge in [0.25, 0.3) is 0 Å². The van der Waals surface area contributed by atoms with Crippen LogP contribution in [-0.4, -0.2) is 15.0 Å². The fraction of sp³-hybridized carbons (Fsp3) is 0. The van der Waals surface area contributed by atoms with Crippen LogP contribution in [0.1, 0.15) is 0 Å². The standard InChI is InChI=1S/C11H6Cl2N4/c12-7-5-3-1-2-4-6(5)15-9-8(7)16-11(13)17-10(9)14/h1-4H,(H2,14,16,17). The number of fused-ring (bicyclic) bond motifs is 2. The molecule has 3 rings (SSSR count). The van der Waals surface area contributed by atoms with E-state index in [0.717, 1.165) is 10.9 Å². The van der Waals surface area contributed by atoms with E-state index in [0.29, 0.717) is 16.1 Å². The first-order valence-electron chi connectivity index (χ1n) is 4.84. The summed E-state index contributed by atoms with van der Waals surface area (Å²) in [7, 11) is 0. The number of hydrogen-bond donors (Lipinski definition) is 1. The first kappa shape index (κ1) is 10.5. The van der Waals surface area contributed by atoms with E-state index >= 15 is 0 Å². The molecular weight excluding hydrogens is 259 g/mol. The van der Waals surface area contributed by atoms with Crippen molar-refractivity contribution >= 4 is 51.0 Å². The van der Waals surface area contributed by atoms with Gasteiger partial charge in [-0.1, -0.05) is 29.8 Å². The Morgan fingerprint density at radius 3 is 2.53 bits per heavy atom. The van der Waals surface area contributed by atoms with Gasteiger partial charge in [-0.15, -0.1) is 0 Å². The smallest absolute Gasteiger partial charge is 0.225 e. The molecule has 0 saturated heterocycles. The lowest BCUT2D eigenvalue weighted by Gasteiger charge is -2.06. The van der Waals surface area contributed by atoms with Crippen molar-refractivity contribution in [1.29, 1.82) is 0 Å². The number of para-hydroxylation sites is 1. The van der Waals surface area contributed by atoms with Gasteiger partial charge < -0.3 is 5.73 Å². The van der Waals surface area contributed by atoms with Crippen LogP contribution in [0.4, 0.5) is 5.82 Å². The Hall–Kier alpha value is -1.65. The molecule has 17 heavy (non-hydrogen) atoms. The van der Waals surface area contributed by atoms with E-state index in [1.54, 1.807) is 0 Å². The number of hydrogen-bond acceptors (Lipinski definition) is 4. The van der Waals surface area contributed by atoms with E-state index in [9.17, 15) is 0 Å². The van der Waals surface area contributed by atoms with Gasteiger partial charge in [-0.2, -0.15) is 4.98 Å². The molecule has 0 amide bonds. The van der Waals surface area contributed by atoms with E-state index in [4.69, 9.17) is 28.9 Å². The highest BCUT2D eigenvalue weighted by Gasteiger charge is 2.12. The summed E-state index contributed by atoms with van der Waals surface area (Å²) in [6.45, 7) is 0. The number of nitrogens with zero attached hydrogens (tertiary/aromatic N) is 3. The molecule has 2 N–H and O–H groups in total. The van der Waals surface area contributed by atoms with Crippen molar-refractivity contribution < 1.29 is 0 Å². The van der Waals surface area contributed by atoms with E-state index in [2.05, 4.69) is 15.0 Å². The van der Waals surface area contributed by atoms with Crippen molar-refractivity contribution in [2.75, 3.05) is 5.73 Å². The van der Waals surface area contributed by atoms with Gasteiger partial charge >= 0.3 is 0 Å². The molecule has 0 fully saturated rings. The molecule has 0 saturated carbocycles. The third-order valence-corrected chi connectivity index (χ3v) is 3.02. The van der Waals surface area contributed by atoms with Crippen molar-refractivity contribution in [3.05, 3.63) is 34.6 Å². The minimum Gasteiger partial charge on any atom is -0.382 e. The summed E-state index contributed by atoms with van der Waals surface area (Å²) in [6, 6.07) is 7.49. The topological polar surface area (TPSA) is 64.7 Å². The number of pyridine rings is 1. The number of halogens is 2. The minimum atomic E-state index is 0.0639. The Labute approximate surface area is 106 Å². The zero-order valence-electron chi connectivity index (χ0n) is 8.48. The highest BCUT2D eigenvalue weighted by molar-refractivity contribution is 6.40. The average Bonchev–Trinajstić information content (AvgIpc) is 2.31. The molecule has 1 aromatic carbocycles. The molecule has 0 aliphatic rings. The number of anilines is 1. The van der Waals surface area contributed by atoms with Crippen LogP contribution in [0.15, 0.2) is 24.3 Å². The Kier molecular flexibility index (Phi) is 2.28. The Bertz CT molecular complexity index is 742.